The molecule has 3 rings (SSSR count). The second-order valence-corrected chi connectivity index (χ2v) is 10.7. The van der Waals surface area contributed by atoms with Gasteiger partial charge in [-0.05, 0) is 54.1 Å². The molecule has 0 fully saturated rings. The minimum atomic E-state index is -0.310. The minimum Gasteiger partial charge on any atom is -0.358 e. The van der Waals surface area contributed by atoms with Crippen molar-refractivity contribution in [2.45, 2.75) is 13.3 Å². The monoisotopic (exact) mass is 585 g/mol. The first-order valence-corrected chi connectivity index (χ1v) is 13.5. The van der Waals surface area contributed by atoms with Crippen molar-refractivity contribution in [3.63, 3.8) is 0 Å². The minimum absolute atomic E-state index is 0.119. The number of amides is 3. The number of carbonyl (C=O) groups excluding carboxylic acids is 3. The normalized spacial score (nSPS) is 10.9. The first-order valence-electron chi connectivity index (χ1n) is 11.9. The van der Waals surface area contributed by atoms with Crippen molar-refractivity contribution >= 4 is 45.0 Å². The van der Waals surface area contributed by atoms with E-state index in [9.17, 15) is 14.4 Å². The maximum atomic E-state index is 13.3. The quantitative estimate of drug-likeness (QED) is 0.358. The molecule has 2 N–H and O–H groups in total. The number of aryl methyl sites for hydroxylation is 1. The van der Waals surface area contributed by atoms with Crippen LogP contribution in [0.1, 0.15) is 31.4 Å². The number of thiazole rings is 1. The Morgan fingerprint density at radius 2 is 1.76 bits per heavy atom. The molecule has 2 aromatic carbocycles. The molecule has 3 aromatic rings. The summed E-state index contributed by atoms with van der Waals surface area (Å²) in [6, 6.07) is 15.1. The predicted octanol–water partition coefficient (Wildman–Crippen LogP) is 3.60. The summed E-state index contributed by atoms with van der Waals surface area (Å²) >= 11 is 5.00. The molecule has 1 aromatic heterocycles. The largest absolute Gasteiger partial charge is 0.358 e. The number of nitrogens with one attached hydrogen (secondary N) is 2. The molecule has 0 unspecified atom stereocenters. The number of aromatic nitrogens is 1. The van der Waals surface area contributed by atoms with Gasteiger partial charge in [-0.3, -0.25) is 14.4 Å². The van der Waals surface area contributed by atoms with E-state index < -0.39 is 0 Å². The molecule has 3 amide bonds. The molecule has 0 spiro atoms. The van der Waals surface area contributed by atoms with Crippen LogP contribution in [0.25, 0.3) is 10.4 Å². The molecule has 37 heavy (non-hydrogen) atoms. The van der Waals surface area contributed by atoms with Crippen molar-refractivity contribution in [1.29, 1.82) is 0 Å². The average Bonchev–Trinajstić information content (AvgIpc) is 3.33. The molecule has 0 saturated heterocycles. The van der Waals surface area contributed by atoms with Crippen LogP contribution in [0.2, 0.25) is 0 Å². The maximum absolute atomic E-state index is 13.3. The Kier molecular flexibility index (Phi) is 10.4. The second-order valence-electron chi connectivity index (χ2n) is 8.80. The van der Waals surface area contributed by atoms with E-state index >= 15 is 0 Å². The van der Waals surface area contributed by atoms with Crippen LogP contribution in [-0.4, -0.2) is 79.8 Å². The van der Waals surface area contributed by atoms with Gasteiger partial charge in [0.1, 0.15) is 5.69 Å². The van der Waals surface area contributed by atoms with Crippen molar-refractivity contribution in [1.82, 2.24) is 25.4 Å². The Morgan fingerprint density at radius 3 is 2.43 bits per heavy atom. The smallest absolute Gasteiger partial charge is 0.271 e. The van der Waals surface area contributed by atoms with Gasteiger partial charge in [-0.2, -0.15) is 0 Å². The molecule has 0 aliphatic rings. The molecule has 0 radical (unpaired) electrons. The lowest BCUT2D eigenvalue weighted by Gasteiger charge is -2.23. The fourth-order valence-electron chi connectivity index (χ4n) is 3.61. The zero-order valence-corrected chi connectivity index (χ0v) is 23.9. The van der Waals surface area contributed by atoms with Gasteiger partial charge >= 0.3 is 0 Å². The average molecular weight is 587 g/mol. The summed E-state index contributed by atoms with van der Waals surface area (Å²) in [7, 11) is 5.53. The van der Waals surface area contributed by atoms with Crippen LogP contribution in [0.15, 0.2) is 53.0 Å². The maximum Gasteiger partial charge on any atom is 0.271 e. The van der Waals surface area contributed by atoms with Gasteiger partial charge in [0.2, 0.25) is 5.91 Å². The van der Waals surface area contributed by atoms with E-state index in [-0.39, 0.29) is 37.4 Å². The van der Waals surface area contributed by atoms with Gasteiger partial charge in [-0.25, -0.2) is 4.98 Å². The van der Waals surface area contributed by atoms with Crippen molar-refractivity contribution in [3.8, 4) is 10.4 Å². The highest BCUT2D eigenvalue weighted by Gasteiger charge is 2.23. The van der Waals surface area contributed by atoms with Gasteiger partial charge in [0.15, 0.2) is 0 Å². The molecule has 0 aliphatic carbocycles. The summed E-state index contributed by atoms with van der Waals surface area (Å²) < 4.78 is 0.686. The summed E-state index contributed by atoms with van der Waals surface area (Å²) in [5, 5.41) is 6.34. The first kappa shape index (κ1) is 28.5. The summed E-state index contributed by atoms with van der Waals surface area (Å²) in [4.78, 5) is 47.6. The summed E-state index contributed by atoms with van der Waals surface area (Å²) in [6.07, 6.45) is 0.741. The number of rotatable bonds is 11. The van der Waals surface area contributed by atoms with Crippen LogP contribution in [-0.2, 0) is 11.2 Å². The number of likely N-dealkylation sites (N-methyl/N-ethyl adjacent to an activating group) is 2. The van der Waals surface area contributed by atoms with Gasteiger partial charge in [0.25, 0.3) is 11.8 Å². The highest BCUT2D eigenvalue weighted by Crippen LogP contribution is 2.30. The van der Waals surface area contributed by atoms with Crippen LogP contribution < -0.4 is 10.6 Å². The van der Waals surface area contributed by atoms with E-state index in [1.807, 2.05) is 57.4 Å². The molecule has 1 heterocycles. The molecule has 0 aliphatic heterocycles. The van der Waals surface area contributed by atoms with E-state index in [1.165, 1.54) is 23.3 Å². The van der Waals surface area contributed by atoms with Gasteiger partial charge < -0.3 is 20.4 Å². The Hall–Kier alpha value is -3.08. The van der Waals surface area contributed by atoms with E-state index in [0.717, 1.165) is 34.0 Å². The van der Waals surface area contributed by atoms with Crippen molar-refractivity contribution in [2.24, 2.45) is 0 Å². The van der Waals surface area contributed by atoms with Gasteiger partial charge in [-0.15, -0.1) is 11.3 Å². The lowest BCUT2D eigenvalue weighted by Crippen LogP contribution is -2.44. The van der Waals surface area contributed by atoms with Crippen LogP contribution >= 0.6 is 27.3 Å². The third-order valence-electron chi connectivity index (χ3n) is 5.69. The standard InChI is InChI=1S/C27H32BrN5O3S/c1-18-9-8-12-20(23(18)28)27(36)33(17-21(34)29-2)16-14-30-26(35)24-25(19-10-6-5-7-11-19)37-22(31-24)13-15-32(3)4/h5-12H,13-17H2,1-4H3,(H,29,34)(H,30,35). The van der Waals surface area contributed by atoms with Gasteiger partial charge in [0, 0.05) is 37.6 Å². The zero-order chi connectivity index (χ0) is 26.9. The lowest BCUT2D eigenvalue weighted by atomic mass is 10.1. The molecular weight excluding hydrogens is 554 g/mol. The number of benzene rings is 2. The Labute approximate surface area is 230 Å². The van der Waals surface area contributed by atoms with E-state index in [1.54, 1.807) is 12.1 Å². The molecule has 196 valence electrons. The van der Waals surface area contributed by atoms with E-state index in [0.29, 0.717) is 15.7 Å². The molecule has 0 atom stereocenters. The Morgan fingerprint density at radius 1 is 1.03 bits per heavy atom. The third-order valence-corrected chi connectivity index (χ3v) is 7.90. The predicted molar refractivity (Wildman–Crippen MR) is 151 cm³/mol. The number of hydrogen-bond donors (Lipinski definition) is 2. The van der Waals surface area contributed by atoms with Gasteiger partial charge in [0.05, 0.1) is 22.0 Å². The highest BCUT2D eigenvalue weighted by molar-refractivity contribution is 9.10. The molecular formula is C27H32BrN5O3S. The summed E-state index contributed by atoms with van der Waals surface area (Å²) in [5.41, 5.74) is 2.69. The number of halogens is 1. The topological polar surface area (TPSA) is 94.6 Å². The van der Waals surface area contributed by atoms with E-state index in [4.69, 9.17) is 0 Å². The number of hydrogen-bond acceptors (Lipinski definition) is 6. The Bertz CT molecular complexity index is 1250. The first-order chi connectivity index (χ1) is 17.7. The van der Waals surface area contributed by atoms with Crippen LogP contribution in [0.4, 0.5) is 0 Å². The number of nitrogens with zero attached hydrogens (tertiary/aromatic N) is 3. The molecule has 0 bridgehead atoms. The van der Waals surface area contributed by atoms with Crippen molar-refractivity contribution in [3.05, 3.63) is 74.8 Å². The Balaban J connectivity index is 1.76. The lowest BCUT2D eigenvalue weighted by molar-refractivity contribution is -0.121. The number of carbonyl (C=O) groups is 3. The molecule has 10 heteroatoms. The summed E-state index contributed by atoms with van der Waals surface area (Å²) in [5.74, 6) is -0.895. The SMILES string of the molecule is CNC(=O)CN(CCNC(=O)c1nc(CCN(C)C)sc1-c1ccccc1)C(=O)c1cccc(C)c1Br. The van der Waals surface area contributed by atoms with Crippen molar-refractivity contribution in [2.75, 3.05) is 47.3 Å². The highest BCUT2D eigenvalue weighted by atomic mass is 79.9. The van der Waals surface area contributed by atoms with Gasteiger partial charge in [-0.1, -0.05) is 42.5 Å². The fourth-order valence-corrected chi connectivity index (χ4v) is 5.09. The third kappa shape index (κ3) is 7.70. The molecule has 0 saturated carbocycles. The zero-order valence-electron chi connectivity index (χ0n) is 21.5. The fraction of sp³-hybridized carbons (Fsp3) is 0.333. The van der Waals surface area contributed by atoms with Crippen LogP contribution in [0.3, 0.4) is 0 Å². The second kappa shape index (κ2) is 13.5. The summed E-state index contributed by atoms with van der Waals surface area (Å²) in [6.45, 7) is 2.94. The van der Waals surface area contributed by atoms with E-state index in [2.05, 4.69) is 36.4 Å². The molecule has 8 nitrogen and oxygen atoms in total. The van der Waals surface area contributed by atoms with Crippen LogP contribution in [0, 0.1) is 6.92 Å². The van der Waals surface area contributed by atoms with Crippen LogP contribution in [0.5, 0.6) is 0 Å². The van der Waals surface area contributed by atoms with Crippen molar-refractivity contribution < 1.29 is 14.4 Å².